The number of aromatic amines is 1. The number of hydrogen-bond donors (Lipinski definition) is 2. The first-order valence-electron chi connectivity index (χ1n) is 12.5. The summed E-state index contributed by atoms with van der Waals surface area (Å²) in [6, 6.07) is 24.7. The van der Waals surface area contributed by atoms with Crippen molar-refractivity contribution in [1.82, 2.24) is 10.4 Å². The number of amides is 1. The minimum absolute atomic E-state index is 0.107. The molecule has 1 aliphatic heterocycles. The van der Waals surface area contributed by atoms with Gasteiger partial charge in [-0.15, -0.1) is 0 Å². The standard InChI is InChI=1S/C31H22ClN3O6/c1-38-26-13-18(7-11-25(26)41-31(37)20-8-12-24-27(14-20)40-17-39-24)16-33-35-30(36)29-28(19-5-3-2-4-6-19)22-15-21(32)9-10-23(22)34-29/h2-16,34H,17H2,1H3,(H,35,36). The monoisotopic (exact) mass is 567 g/mol. The Kier molecular flexibility index (Phi) is 7.01. The molecule has 10 heteroatoms. The molecule has 0 saturated heterocycles. The van der Waals surface area contributed by atoms with Crippen LogP contribution < -0.4 is 24.4 Å². The Morgan fingerprint density at radius 2 is 1.78 bits per heavy atom. The summed E-state index contributed by atoms with van der Waals surface area (Å²) in [5.74, 6) is 0.582. The van der Waals surface area contributed by atoms with Gasteiger partial charge in [-0.05, 0) is 65.7 Å². The number of methoxy groups -OCH3 is 1. The molecule has 1 aliphatic rings. The van der Waals surface area contributed by atoms with Crippen LogP contribution in [0.3, 0.4) is 0 Å². The second-order valence-electron chi connectivity index (χ2n) is 9.00. The number of benzene rings is 4. The number of nitrogens with zero attached hydrogens (tertiary/aromatic N) is 1. The quantitative estimate of drug-likeness (QED) is 0.105. The van der Waals surface area contributed by atoms with Crippen LogP contribution >= 0.6 is 11.6 Å². The number of hydrazone groups is 1. The van der Waals surface area contributed by atoms with Crippen molar-refractivity contribution in [1.29, 1.82) is 0 Å². The fourth-order valence-electron chi connectivity index (χ4n) is 4.49. The van der Waals surface area contributed by atoms with Gasteiger partial charge in [0, 0.05) is 21.5 Å². The number of nitrogens with one attached hydrogen (secondary N) is 2. The van der Waals surface area contributed by atoms with Crippen LogP contribution in [0, 0.1) is 0 Å². The number of hydrogen-bond acceptors (Lipinski definition) is 7. The van der Waals surface area contributed by atoms with Gasteiger partial charge in [-0.25, -0.2) is 10.2 Å². The lowest BCUT2D eigenvalue weighted by atomic mass is 10.0. The Morgan fingerprint density at radius 1 is 0.951 bits per heavy atom. The van der Waals surface area contributed by atoms with Crippen LogP contribution in [0.1, 0.15) is 26.4 Å². The molecule has 6 rings (SSSR count). The van der Waals surface area contributed by atoms with E-state index in [1.807, 2.05) is 42.5 Å². The van der Waals surface area contributed by atoms with Crippen molar-refractivity contribution in [3.05, 3.63) is 107 Å². The predicted molar refractivity (Wildman–Crippen MR) is 154 cm³/mol. The van der Waals surface area contributed by atoms with Crippen LogP contribution in [0.4, 0.5) is 0 Å². The van der Waals surface area contributed by atoms with Gasteiger partial charge in [-0.3, -0.25) is 4.79 Å². The van der Waals surface area contributed by atoms with Crippen LogP contribution in [0.5, 0.6) is 23.0 Å². The number of fused-ring (bicyclic) bond motifs is 2. The van der Waals surface area contributed by atoms with E-state index >= 15 is 0 Å². The first-order valence-corrected chi connectivity index (χ1v) is 12.9. The molecule has 0 unspecified atom stereocenters. The topological polar surface area (TPSA) is 111 Å². The maximum absolute atomic E-state index is 13.2. The lowest BCUT2D eigenvalue weighted by molar-refractivity contribution is 0.0729. The minimum Gasteiger partial charge on any atom is -0.493 e. The highest BCUT2D eigenvalue weighted by atomic mass is 35.5. The third-order valence-electron chi connectivity index (χ3n) is 6.43. The molecule has 0 saturated carbocycles. The summed E-state index contributed by atoms with van der Waals surface area (Å²) in [6.45, 7) is 0.107. The first kappa shape index (κ1) is 26.0. The molecule has 0 spiro atoms. The van der Waals surface area contributed by atoms with E-state index in [4.69, 9.17) is 30.5 Å². The molecular formula is C31H22ClN3O6. The molecule has 1 amide bonds. The average Bonchev–Trinajstić information content (AvgIpc) is 3.62. The molecule has 0 fully saturated rings. The van der Waals surface area contributed by atoms with Gasteiger partial charge in [0.15, 0.2) is 23.0 Å². The first-order chi connectivity index (χ1) is 20.0. The van der Waals surface area contributed by atoms with Gasteiger partial charge in [0.25, 0.3) is 5.91 Å². The molecule has 4 aromatic carbocycles. The zero-order valence-electron chi connectivity index (χ0n) is 21.6. The van der Waals surface area contributed by atoms with Crippen molar-refractivity contribution in [2.24, 2.45) is 5.10 Å². The summed E-state index contributed by atoms with van der Waals surface area (Å²) < 4.78 is 21.6. The number of carbonyl (C=O) groups is 2. The van der Waals surface area contributed by atoms with Gasteiger partial charge in [0.05, 0.1) is 18.9 Å². The van der Waals surface area contributed by atoms with Crippen molar-refractivity contribution in [3.63, 3.8) is 0 Å². The number of aromatic nitrogens is 1. The normalized spacial score (nSPS) is 12.0. The second-order valence-corrected chi connectivity index (χ2v) is 9.43. The summed E-state index contributed by atoms with van der Waals surface area (Å²) in [5, 5.41) is 5.52. The molecular weight excluding hydrogens is 546 g/mol. The maximum atomic E-state index is 13.2. The SMILES string of the molecule is COc1cc(C=NNC(=O)c2[nH]c3ccc(Cl)cc3c2-c2ccccc2)ccc1OC(=O)c1ccc2c(c1)OCO2. The van der Waals surface area contributed by atoms with Crippen molar-refractivity contribution in [3.8, 4) is 34.1 Å². The van der Waals surface area contributed by atoms with E-state index < -0.39 is 11.9 Å². The Labute approximate surface area is 239 Å². The maximum Gasteiger partial charge on any atom is 0.343 e. The van der Waals surface area contributed by atoms with Crippen LogP contribution in [0.15, 0.2) is 90.0 Å². The largest absolute Gasteiger partial charge is 0.493 e. The summed E-state index contributed by atoms with van der Waals surface area (Å²) >= 11 is 6.25. The third kappa shape index (κ3) is 5.30. The summed E-state index contributed by atoms with van der Waals surface area (Å²) in [5.41, 5.74) is 6.22. The molecule has 2 N–H and O–H groups in total. The highest BCUT2D eigenvalue weighted by Crippen LogP contribution is 2.35. The van der Waals surface area contributed by atoms with E-state index in [9.17, 15) is 9.59 Å². The number of H-pyrrole nitrogens is 1. The zero-order valence-corrected chi connectivity index (χ0v) is 22.4. The van der Waals surface area contributed by atoms with Gasteiger partial charge in [-0.1, -0.05) is 41.9 Å². The van der Waals surface area contributed by atoms with E-state index in [-0.39, 0.29) is 12.5 Å². The van der Waals surface area contributed by atoms with Gasteiger partial charge in [0.1, 0.15) is 5.69 Å². The van der Waals surface area contributed by atoms with Crippen molar-refractivity contribution in [2.75, 3.05) is 13.9 Å². The average molecular weight is 568 g/mol. The molecule has 0 aliphatic carbocycles. The van der Waals surface area contributed by atoms with Gasteiger partial charge < -0.3 is 23.9 Å². The Bertz CT molecular complexity index is 1820. The fraction of sp³-hybridized carbons (Fsp3) is 0.0645. The van der Waals surface area contributed by atoms with E-state index in [1.54, 1.807) is 42.5 Å². The predicted octanol–water partition coefficient (Wildman–Crippen LogP) is 6.21. The Morgan fingerprint density at radius 3 is 2.61 bits per heavy atom. The summed E-state index contributed by atoms with van der Waals surface area (Å²) in [4.78, 5) is 29.1. The van der Waals surface area contributed by atoms with Gasteiger partial charge in [-0.2, -0.15) is 5.10 Å². The number of carbonyl (C=O) groups excluding carboxylic acids is 2. The number of esters is 1. The van der Waals surface area contributed by atoms with Crippen LogP contribution in [0.2, 0.25) is 5.02 Å². The smallest absolute Gasteiger partial charge is 0.343 e. The second kappa shape index (κ2) is 11.1. The van der Waals surface area contributed by atoms with Crippen LogP contribution in [-0.4, -0.2) is 37.0 Å². The third-order valence-corrected chi connectivity index (χ3v) is 6.66. The molecule has 1 aromatic heterocycles. The highest BCUT2D eigenvalue weighted by molar-refractivity contribution is 6.31. The van der Waals surface area contributed by atoms with E-state index in [0.717, 1.165) is 22.0 Å². The van der Waals surface area contributed by atoms with E-state index in [1.165, 1.54) is 13.3 Å². The van der Waals surface area contributed by atoms with Crippen molar-refractivity contribution < 1.29 is 28.5 Å². The minimum atomic E-state index is -0.580. The molecule has 2 heterocycles. The molecule has 204 valence electrons. The van der Waals surface area contributed by atoms with E-state index in [0.29, 0.717) is 39.1 Å². The Hall–Kier alpha value is -5.28. The lowest BCUT2D eigenvalue weighted by Gasteiger charge is -2.10. The number of rotatable bonds is 7. The van der Waals surface area contributed by atoms with Crippen molar-refractivity contribution >= 4 is 40.6 Å². The van der Waals surface area contributed by atoms with Crippen LogP contribution in [-0.2, 0) is 0 Å². The molecule has 0 bridgehead atoms. The van der Waals surface area contributed by atoms with Crippen LogP contribution in [0.25, 0.3) is 22.0 Å². The number of halogens is 1. The summed E-state index contributed by atoms with van der Waals surface area (Å²) in [6.07, 6.45) is 1.46. The molecule has 5 aromatic rings. The fourth-order valence-corrected chi connectivity index (χ4v) is 4.66. The van der Waals surface area contributed by atoms with Crippen molar-refractivity contribution in [2.45, 2.75) is 0 Å². The Balaban J connectivity index is 1.19. The van der Waals surface area contributed by atoms with Gasteiger partial charge >= 0.3 is 5.97 Å². The van der Waals surface area contributed by atoms with E-state index in [2.05, 4.69) is 15.5 Å². The zero-order chi connectivity index (χ0) is 28.3. The number of ether oxygens (including phenoxy) is 4. The molecule has 9 nitrogen and oxygen atoms in total. The molecule has 0 radical (unpaired) electrons. The lowest BCUT2D eigenvalue weighted by Crippen LogP contribution is -2.18. The molecule has 41 heavy (non-hydrogen) atoms. The molecule has 0 atom stereocenters. The summed E-state index contributed by atoms with van der Waals surface area (Å²) in [7, 11) is 1.46. The van der Waals surface area contributed by atoms with Gasteiger partial charge in [0.2, 0.25) is 6.79 Å². The highest BCUT2D eigenvalue weighted by Gasteiger charge is 2.20.